The Labute approximate surface area is 102 Å². The van der Waals surface area contributed by atoms with Crippen molar-refractivity contribution in [2.75, 3.05) is 7.05 Å². The van der Waals surface area contributed by atoms with Gasteiger partial charge in [0, 0.05) is 26.3 Å². The van der Waals surface area contributed by atoms with E-state index in [1.54, 1.807) is 13.2 Å². The van der Waals surface area contributed by atoms with Crippen LogP contribution in [0.1, 0.15) is 26.0 Å². The summed E-state index contributed by atoms with van der Waals surface area (Å²) in [5.41, 5.74) is 1.55. The molecule has 0 spiro atoms. The first kappa shape index (κ1) is 12.0. The normalized spacial score (nSPS) is 22.4. The van der Waals surface area contributed by atoms with E-state index in [2.05, 4.69) is 34.6 Å². The van der Waals surface area contributed by atoms with Gasteiger partial charge in [-0.15, -0.1) is 0 Å². The predicted molar refractivity (Wildman–Crippen MR) is 68.7 cm³/mol. The summed E-state index contributed by atoms with van der Waals surface area (Å²) in [7, 11) is 3.74. The molecule has 94 valence electrons. The standard InChI is InChI=1S/C12H21N5/c1-12(2)7-10(12)16-11(13-3)14-8-9-5-6-15-17(9)4/h5-6,10H,7-8H2,1-4H3,(H2,13,14,16). The van der Waals surface area contributed by atoms with Crippen LogP contribution in [-0.4, -0.2) is 28.8 Å². The Balaban J connectivity index is 1.83. The third kappa shape index (κ3) is 2.78. The number of nitrogens with one attached hydrogen (secondary N) is 2. The van der Waals surface area contributed by atoms with Crippen molar-refractivity contribution >= 4 is 5.96 Å². The van der Waals surface area contributed by atoms with Gasteiger partial charge in [-0.25, -0.2) is 0 Å². The molecule has 1 aromatic heterocycles. The molecule has 0 radical (unpaired) electrons. The van der Waals surface area contributed by atoms with Gasteiger partial charge in [-0.3, -0.25) is 9.67 Å². The number of hydrogen-bond donors (Lipinski definition) is 2. The average molecular weight is 235 g/mol. The minimum Gasteiger partial charge on any atom is -0.353 e. The van der Waals surface area contributed by atoms with Crippen molar-refractivity contribution in [1.82, 2.24) is 20.4 Å². The summed E-state index contributed by atoms with van der Waals surface area (Å²) in [4.78, 5) is 4.23. The topological polar surface area (TPSA) is 54.2 Å². The monoisotopic (exact) mass is 235 g/mol. The van der Waals surface area contributed by atoms with Gasteiger partial charge in [-0.05, 0) is 17.9 Å². The molecule has 0 amide bonds. The largest absolute Gasteiger partial charge is 0.353 e. The summed E-state index contributed by atoms with van der Waals surface area (Å²) in [5.74, 6) is 0.863. The van der Waals surface area contributed by atoms with Gasteiger partial charge in [-0.2, -0.15) is 5.10 Å². The van der Waals surface area contributed by atoms with E-state index < -0.39 is 0 Å². The third-order valence-corrected chi connectivity index (χ3v) is 3.41. The lowest BCUT2D eigenvalue weighted by Gasteiger charge is -2.13. The molecule has 1 aliphatic rings. The van der Waals surface area contributed by atoms with Crippen LogP contribution in [0.4, 0.5) is 0 Å². The molecule has 5 heteroatoms. The number of aryl methyl sites for hydroxylation is 1. The van der Waals surface area contributed by atoms with Crippen LogP contribution < -0.4 is 10.6 Å². The Morgan fingerprint density at radius 1 is 1.65 bits per heavy atom. The highest BCUT2D eigenvalue weighted by Gasteiger charge is 2.46. The lowest BCUT2D eigenvalue weighted by Crippen LogP contribution is -2.39. The maximum absolute atomic E-state index is 4.23. The maximum atomic E-state index is 4.23. The van der Waals surface area contributed by atoms with Crippen LogP contribution in [-0.2, 0) is 13.6 Å². The number of nitrogens with zero attached hydrogens (tertiary/aromatic N) is 3. The van der Waals surface area contributed by atoms with E-state index in [4.69, 9.17) is 0 Å². The molecule has 1 atom stereocenters. The predicted octanol–water partition coefficient (Wildman–Crippen LogP) is 0.884. The number of guanidine groups is 1. The second-order valence-electron chi connectivity index (χ2n) is 5.26. The van der Waals surface area contributed by atoms with Crippen LogP contribution in [0.25, 0.3) is 0 Å². The zero-order chi connectivity index (χ0) is 12.5. The van der Waals surface area contributed by atoms with Crippen molar-refractivity contribution in [2.45, 2.75) is 32.9 Å². The molecule has 0 bridgehead atoms. The number of hydrogen-bond acceptors (Lipinski definition) is 2. The van der Waals surface area contributed by atoms with E-state index in [0.717, 1.165) is 18.2 Å². The van der Waals surface area contributed by atoms with E-state index in [-0.39, 0.29) is 0 Å². The van der Waals surface area contributed by atoms with Crippen molar-refractivity contribution in [1.29, 1.82) is 0 Å². The molecule has 1 heterocycles. The van der Waals surface area contributed by atoms with Gasteiger partial charge in [0.1, 0.15) is 0 Å². The van der Waals surface area contributed by atoms with Crippen molar-refractivity contribution in [2.24, 2.45) is 17.5 Å². The summed E-state index contributed by atoms with van der Waals surface area (Å²) in [6.45, 7) is 5.27. The second kappa shape index (κ2) is 4.39. The van der Waals surface area contributed by atoms with Gasteiger partial charge in [0.2, 0.25) is 0 Å². The van der Waals surface area contributed by atoms with E-state index in [1.165, 1.54) is 6.42 Å². The summed E-state index contributed by atoms with van der Waals surface area (Å²) < 4.78 is 1.86. The third-order valence-electron chi connectivity index (χ3n) is 3.41. The fraction of sp³-hybridized carbons (Fsp3) is 0.667. The van der Waals surface area contributed by atoms with Gasteiger partial charge < -0.3 is 10.6 Å². The molecular weight excluding hydrogens is 214 g/mol. The Morgan fingerprint density at radius 3 is 2.82 bits per heavy atom. The van der Waals surface area contributed by atoms with Crippen molar-refractivity contribution in [3.63, 3.8) is 0 Å². The second-order valence-corrected chi connectivity index (χ2v) is 5.26. The summed E-state index contributed by atoms with van der Waals surface area (Å²) in [6, 6.07) is 2.54. The van der Waals surface area contributed by atoms with Gasteiger partial charge in [0.05, 0.1) is 12.2 Å². The highest BCUT2D eigenvalue weighted by molar-refractivity contribution is 5.80. The lowest BCUT2D eigenvalue weighted by molar-refractivity contribution is 0.587. The number of aromatic nitrogens is 2. The molecule has 0 aliphatic heterocycles. The fourth-order valence-electron chi connectivity index (χ4n) is 1.82. The minimum absolute atomic E-state index is 0.407. The molecule has 1 aromatic rings. The highest BCUT2D eigenvalue weighted by atomic mass is 15.3. The van der Waals surface area contributed by atoms with Crippen molar-refractivity contribution in [3.05, 3.63) is 18.0 Å². The number of aliphatic imine (C=N–C) groups is 1. The quantitative estimate of drug-likeness (QED) is 0.604. The molecule has 0 saturated heterocycles. The Morgan fingerprint density at radius 2 is 2.35 bits per heavy atom. The first-order chi connectivity index (χ1) is 8.03. The average Bonchev–Trinajstić information content (AvgIpc) is 2.69. The van der Waals surface area contributed by atoms with Gasteiger partial charge in [0.25, 0.3) is 0 Å². The van der Waals surface area contributed by atoms with Gasteiger partial charge >= 0.3 is 0 Å². The van der Waals surface area contributed by atoms with Crippen LogP contribution in [0, 0.1) is 5.41 Å². The molecule has 1 aliphatic carbocycles. The van der Waals surface area contributed by atoms with Crippen LogP contribution in [0.2, 0.25) is 0 Å². The molecule has 17 heavy (non-hydrogen) atoms. The summed E-state index contributed by atoms with van der Waals surface area (Å²) in [5, 5.41) is 10.9. The SMILES string of the molecule is CN=C(NCc1ccnn1C)NC1CC1(C)C. The molecule has 5 nitrogen and oxygen atoms in total. The van der Waals surface area contributed by atoms with E-state index >= 15 is 0 Å². The first-order valence-corrected chi connectivity index (χ1v) is 5.97. The smallest absolute Gasteiger partial charge is 0.191 e. The molecule has 1 fully saturated rings. The molecule has 1 unspecified atom stereocenters. The minimum atomic E-state index is 0.407. The van der Waals surface area contributed by atoms with Crippen LogP contribution in [0.5, 0.6) is 0 Å². The van der Waals surface area contributed by atoms with Crippen LogP contribution in [0.15, 0.2) is 17.3 Å². The summed E-state index contributed by atoms with van der Waals surface area (Å²) >= 11 is 0. The van der Waals surface area contributed by atoms with E-state index in [1.807, 2.05) is 17.8 Å². The molecule has 1 saturated carbocycles. The Kier molecular flexibility index (Phi) is 3.09. The molecular formula is C12H21N5. The van der Waals surface area contributed by atoms with Crippen molar-refractivity contribution in [3.8, 4) is 0 Å². The number of rotatable bonds is 3. The summed E-state index contributed by atoms with van der Waals surface area (Å²) in [6.07, 6.45) is 3.01. The molecule has 2 rings (SSSR count). The van der Waals surface area contributed by atoms with Gasteiger partial charge in [-0.1, -0.05) is 13.8 Å². The van der Waals surface area contributed by atoms with E-state index in [9.17, 15) is 0 Å². The fourth-order valence-corrected chi connectivity index (χ4v) is 1.82. The first-order valence-electron chi connectivity index (χ1n) is 5.97. The van der Waals surface area contributed by atoms with E-state index in [0.29, 0.717) is 11.5 Å². The van der Waals surface area contributed by atoms with Crippen molar-refractivity contribution < 1.29 is 0 Å². The highest BCUT2D eigenvalue weighted by Crippen LogP contribution is 2.44. The zero-order valence-electron chi connectivity index (χ0n) is 11.0. The van der Waals surface area contributed by atoms with Crippen LogP contribution in [0.3, 0.4) is 0 Å². The molecule has 0 aromatic carbocycles. The Bertz CT molecular complexity index is 418. The maximum Gasteiger partial charge on any atom is 0.191 e. The van der Waals surface area contributed by atoms with Crippen LogP contribution >= 0.6 is 0 Å². The molecule has 2 N–H and O–H groups in total. The zero-order valence-corrected chi connectivity index (χ0v) is 11.0. The Hall–Kier alpha value is -1.52. The lowest BCUT2D eigenvalue weighted by atomic mass is 10.2. The van der Waals surface area contributed by atoms with Gasteiger partial charge in [0.15, 0.2) is 5.96 Å².